The second-order valence-corrected chi connectivity index (χ2v) is 10.6. The fraction of sp³-hybridized carbons (Fsp3) is 0.433. The Labute approximate surface area is 244 Å². The molecule has 4 heterocycles. The van der Waals surface area contributed by atoms with E-state index in [1.807, 2.05) is 18.2 Å². The van der Waals surface area contributed by atoms with Crippen LogP contribution in [0.5, 0.6) is 11.5 Å². The minimum Gasteiger partial charge on any atom is -0.495 e. The molecule has 3 aromatic rings. The van der Waals surface area contributed by atoms with Crippen molar-refractivity contribution in [1.29, 1.82) is 5.26 Å². The van der Waals surface area contributed by atoms with Gasteiger partial charge in [0.25, 0.3) is 0 Å². The Hall–Kier alpha value is -4.47. The van der Waals surface area contributed by atoms with E-state index in [0.717, 1.165) is 56.5 Å². The summed E-state index contributed by atoms with van der Waals surface area (Å²) in [6.07, 6.45) is 3.02. The van der Waals surface area contributed by atoms with Crippen LogP contribution < -0.4 is 25.0 Å². The molecule has 3 aliphatic heterocycles. The first-order valence-electron chi connectivity index (χ1n) is 14.3. The highest BCUT2D eigenvalue weighted by Crippen LogP contribution is 2.33. The monoisotopic (exact) mass is 570 g/mol. The second-order valence-electron chi connectivity index (χ2n) is 10.6. The van der Waals surface area contributed by atoms with E-state index in [1.165, 1.54) is 6.33 Å². The molecule has 0 radical (unpaired) electrons. The predicted molar refractivity (Wildman–Crippen MR) is 156 cm³/mol. The van der Waals surface area contributed by atoms with Crippen LogP contribution in [0.3, 0.4) is 0 Å². The standard InChI is InChI=1S/C30H34N8O4/c1-40-27-15-22(3-5-25(27)38-12-10-37(11-13-38)23-17-41-18-23)35-30-34-19-33-29(36-30)20-2-6-26(21(14-20)16-31)42-24-4-7-28(39)32-9-8-24/h2-3,5-6,14-15,19,23-24H,4,7-13,17-18H2,1H3,(H,32,39)(H,33,34,35,36)/t24-/m1/s1. The van der Waals surface area contributed by atoms with Crippen molar-refractivity contribution in [2.75, 3.05) is 63.3 Å². The summed E-state index contributed by atoms with van der Waals surface area (Å²) in [6.45, 7) is 6.11. The molecule has 3 aliphatic rings. The zero-order valence-electron chi connectivity index (χ0n) is 23.6. The number of rotatable bonds is 8. The van der Waals surface area contributed by atoms with Gasteiger partial charge in [-0.2, -0.15) is 10.2 Å². The zero-order chi connectivity index (χ0) is 28.9. The number of methoxy groups -OCH3 is 1. The lowest BCUT2D eigenvalue weighted by molar-refractivity contribution is -0.120. The molecule has 0 unspecified atom stereocenters. The van der Waals surface area contributed by atoms with Gasteiger partial charge < -0.3 is 29.7 Å². The first-order chi connectivity index (χ1) is 20.6. The zero-order valence-corrected chi connectivity index (χ0v) is 23.6. The maximum absolute atomic E-state index is 11.6. The average Bonchev–Trinajstić information content (AvgIpc) is 3.20. The fourth-order valence-corrected chi connectivity index (χ4v) is 5.46. The highest BCUT2D eigenvalue weighted by atomic mass is 16.5. The molecule has 0 aliphatic carbocycles. The van der Waals surface area contributed by atoms with Gasteiger partial charge in [-0.05, 0) is 36.8 Å². The smallest absolute Gasteiger partial charge is 0.230 e. The Morgan fingerprint density at radius 1 is 1.07 bits per heavy atom. The third-order valence-corrected chi connectivity index (χ3v) is 7.93. The maximum Gasteiger partial charge on any atom is 0.230 e. The van der Waals surface area contributed by atoms with E-state index in [4.69, 9.17) is 14.2 Å². The van der Waals surface area contributed by atoms with Crippen LogP contribution in [0.15, 0.2) is 42.7 Å². The van der Waals surface area contributed by atoms with Crippen LogP contribution in [-0.2, 0) is 9.53 Å². The van der Waals surface area contributed by atoms with Crippen LogP contribution in [0.1, 0.15) is 24.8 Å². The number of benzene rings is 2. The van der Waals surface area contributed by atoms with Gasteiger partial charge in [-0.25, -0.2) is 9.97 Å². The molecule has 1 atom stereocenters. The first kappa shape index (κ1) is 27.7. The maximum atomic E-state index is 11.6. The molecule has 0 saturated carbocycles. The average molecular weight is 571 g/mol. The van der Waals surface area contributed by atoms with Crippen molar-refractivity contribution in [3.05, 3.63) is 48.3 Å². The number of hydrogen-bond acceptors (Lipinski definition) is 11. The first-order valence-corrected chi connectivity index (χ1v) is 14.3. The van der Waals surface area contributed by atoms with Gasteiger partial charge in [-0.3, -0.25) is 9.69 Å². The molecule has 42 heavy (non-hydrogen) atoms. The molecule has 2 N–H and O–H groups in total. The molecule has 0 bridgehead atoms. The molecule has 1 amide bonds. The number of amides is 1. The minimum atomic E-state index is -0.134. The van der Waals surface area contributed by atoms with E-state index in [0.29, 0.717) is 60.5 Å². The van der Waals surface area contributed by atoms with Crippen LogP contribution in [0, 0.1) is 11.3 Å². The number of aromatic nitrogens is 3. The van der Waals surface area contributed by atoms with E-state index < -0.39 is 0 Å². The van der Waals surface area contributed by atoms with Gasteiger partial charge in [0.15, 0.2) is 5.82 Å². The van der Waals surface area contributed by atoms with Gasteiger partial charge >= 0.3 is 0 Å². The predicted octanol–water partition coefficient (Wildman–Crippen LogP) is 2.73. The summed E-state index contributed by atoms with van der Waals surface area (Å²) in [4.78, 5) is 29.7. The number of hydrogen-bond donors (Lipinski definition) is 2. The van der Waals surface area contributed by atoms with Gasteiger partial charge in [0.05, 0.1) is 37.6 Å². The lowest BCUT2D eigenvalue weighted by atomic mass is 10.1. The van der Waals surface area contributed by atoms with Crippen LogP contribution in [0.25, 0.3) is 11.4 Å². The Morgan fingerprint density at radius 3 is 2.69 bits per heavy atom. The normalized spacial score (nSPS) is 19.7. The highest BCUT2D eigenvalue weighted by Gasteiger charge is 2.29. The molecule has 0 spiro atoms. The number of nitrogens with zero attached hydrogens (tertiary/aromatic N) is 6. The number of anilines is 3. The summed E-state index contributed by atoms with van der Waals surface area (Å²) in [7, 11) is 1.68. The van der Waals surface area contributed by atoms with E-state index in [1.54, 1.807) is 19.2 Å². The van der Waals surface area contributed by atoms with Crippen molar-refractivity contribution in [2.45, 2.75) is 31.4 Å². The van der Waals surface area contributed by atoms with Crippen molar-refractivity contribution in [3.63, 3.8) is 0 Å². The molecular formula is C30H34N8O4. The minimum absolute atomic E-state index is 0.0272. The Bertz CT molecular complexity index is 1470. The topological polar surface area (TPSA) is 138 Å². The Morgan fingerprint density at radius 2 is 1.93 bits per heavy atom. The molecule has 3 fully saturated rings. The number of nitrogens with one attached hydrogen (secondary N) is 2. The van der Waals surface area contributed by atoms with E-state index in [-0.39, 0.29) is 12.0 Å². The number of carbonyl (C=O) groups excluding carboxylic acids is 1. The molecule has 2 aromatic carbocycles. The molecule has 12 nitrogen and oxygen atoms in total. The number of carbonyl (C=O) groups is 1. The van der Waals surface area contributed by atoms with Gasteiger partial charge in [0, 0.05) is 62.9 Å². The molecule has 218 valence electrons. The van der Waals surface area contributed by atoms with Crippen LogP contribution in [0.2, 0.25) is 0 Å². The number of ether oxygens (including phenoxy) is 3. The lowest BCUT2D eigenvalue weighted by Crippen LogP contribution is -2.56. The number of nitriles is 1. The molecular weight excluding hydrogens is 536 g/mol. The molecule has 6 rings (SSSR count). The summed E-state index contributed by atoms with van der Waals surface area (Å²) in [5.41, 5.74) is 2.90. The lowest BCUT2D eigenvalue weighted by Gasteiger charge is -2.43. The summed E-state index contributed by atoms with van der Waals surface area (Å²) in [5, 5.41) is 15.9. The van der Waals surface area contributed by atoms with Gasteiger partial charge in [-0.15, -0.1) is 0 Å². The van der Waals surface area contributed by atoms with Gasteiger partial charge in [0.1, 0.15) is 30.0 Å². The van der Waals surface area contributed by atoms with Crippen LogP contribution in [-0.4, -0.2) is 91.0 Å². The van der Waals surface area contributed by atoms with Crippen molar-refractivity contribution >= 4 is 23.2 Å². The second kappa shape index (κ2) is 12.6. The van der Waals surface area contributed by atoms with Gasteiger partial charge in [0.2, 0.25) is 11.9 Å². The van der Waals surface area contributed by atoms with Crippen molar-refractivity contribution in [1.82, 2.24) is 25.2 Å². The Balaban J connectivity index is 1.13. The largest absolute Gasteiger partial charge is 0.495 e. The van der Waals surface area contributed by atoms with Crippen molar-refractivity contribution < 1.29 is 19.0 Å². The summed E-state index contributed by atoms with van der Waals surface area (Å²) >= 11 is 0. The quantitative estimate of drug-likeness (QED) is 0.413. The third-order valence-electron chi connectivity index (χ3n) is 7.93. The third kappa shape index (κ3) is 6.22. The number of piperazine rings is 1. The van der Waals surface area contributed by atoms with Crippen LogP contribution in [0.4, 0.5) is 17.3 Å². The highest BCUT2D eigenvalue weighted by molar-refractivity contribution is 5.76. The summed E-state index contributed by atoms with van der Waals surface area (Å²) in [6, 6.07) is 14.1. The van der Waals surface area contributed by atoms with E-state index >= 15 is 0 Å². The van der Waals surface area contributed by atoms with Gasteiger partial charge in [-0.1, -0.05) is 0 Å². The fourth-order valence-electron chi connectivity index (χ4n) is 5.46. The SMILES string of the molecule is COc1cc(Nc2ncnc(-c3ccc(O[C@H]4CCNC(=O)CC4)c(C#N)c3)n2)ccc1N1CCN(C2COC2)CC1. The molecule has 12 heteroatoms. The molecule has 1 aromatic heterocycles. The molecule has 3 saturated heterocycles. The summed E-state index contributed by atoms with van der Waals surface area (Å²) < 4.78 is 17.2. The van der Waals surface area contributed by atoms with Crippen molar-refractivity contribution in [2.24, 2.45) is 0 Å². The van der Waals surface area contributed by atoms with Crippen molar-refractivity contribution in [3.8, 4) is 29.0 Å². The van der Waals surface area contributed by atoms with E-state index in [2.05, 4.69) is 47.5 Å². The van der Waals surface area contributed by atoms with Crippen LogP contribution >= 0.6 is 0 Å². The van der Waals surface area contributed by atoms with E-state index in [9.17, 15) is 10.1 Å². The summed E-state index contributed by atoms with van der Waals surface area (Å²) in [5.74, 6) is 2.09. The Kier molecular flexibility index (Phi) is 8.30.